The fourth-order valence-electron chi connectivity index (χ4n) is 1.96. The van der Waals surface area contributed by atoms with Gasteiger partial charge in [-0.2, -0.15) is 13.2 Å². The van der Waals surface area contributed by atoms with Crippen LogP contribution in [0.25, 0.3) is 0 Å². The zero-order chi connectivity index (χ0) is 14.8. The molecule has 2 amide bonds. The summed E-state index contributed by atoms with van der Waals surface area (Å²) >= 11 is 5.59. The second-order valence-electron chi connectivity index (χ2n) is 4.33. The molecule has 0 aromatic heterocycles. The number of hydrogen-bond acceptors (Lipinski definition) is 2. The van der Waals surface area contributed by atoms with E-state index in [9.17, 15) is 18.0 Å². The van der Waals surface area contributed by atoms with Gasteiger partial charge < -0.3 is 15.5 Å². The first kappa shape index (κ1) is 14.8. The zero-order valence-electron chi connectivity index (χ0n) is 10.4. The Kier molecular flexibility index (Phi) is 4.27. The Labute approximate surface area is 118 Å². The van der Waals surface area contributed by atoms with Crippen molar-refractivity contribution in [3.05, 3.63) is 28.8 Å². The maximum Gasteiger partial charge on any atom is 0.418 e. The molecule has 1 aliphatic rings. The lowest BCUT2D eigenvalue weighted by molar-refractivity contribution is -0.136. The Hall–Kier alpha value is -1.63. The van der Waals surface area contributed by atoms with E-state index in [1.165, 1.54) is 17.0 Å². The van der Waals surface area contributed by atoms with Crippen molar-refractivity contribution in [3.8, 4) is 0 Å². The molecular formula is C12H13ClF3N3O. The van der Waals surface area contributed by atoms with Crippen LogP contribution >= 0.6 is 11.6 Å². The summed E-state index contributed by atoms with van der Waals surface area (Å²) in [5.74, 6) is 0. The van der Waals surface area contributed by atoms with Gasteiger partial charge in [0.15, 0.2) is 0 Å². The number of halogens is 4. The van der Waals surface area contributed by atoms with Crippen LogP contribution in [0.3, 0.4) is 0 Å². The van der Waals surface area contributed by atoms with Crippen molar-refractivity contribution in [3.63, 3.8) is 0 Å². The van der Waals surface area contributed by atoms with Crippen LogP contribution in [-0.2, 0) is 6.18 Å². The molecule has 0 radical (unpaired) electrons. The SMILES string of the molecule is O=C1NCCN1CCNc1ccc(Cl)cc1C(F)(F)F. The normalized spacial score (nSPS) is 15.4. The van der Waals surface area contributed by atoms with E-state index in [1.54, 1.807) is 0 Å². The lowest BCUT2D eigenvalue weighted by Crippen LogP contribution is -2.32. The Morgan fingerprint density at radius 1 is 1.40 bits per heavy atom. The second-order valence-corrected chi connectivity index (χ2v) is 4.77. The smallest absolute Gasteiger partial charge is 0.383 e. The number of nitrogens with zero attached hydrogens (tertiary/aromatic N) is 1. The van der Waals surface area contributed by atoms with Crippen molar-refractivity contribution >= 4 is 23.3 Å². The summed E-state index contributed by atoms with van der Waals surface area (Å²) in [6, 6.07) is 3.36. The molecule has 0 atom stereocenters. The van der Waals surface area contributed by atoms with Gasteiger partial charge in [0.1, 0.15) is 0 Å². The van der Waals surface area contributed by atoms with Gasteiger partial charge in [0.25, 0.3) is 0 Å². The molecule has 20 heavy (non-hydrogen) atoms. The molecule has 110 valence electrons. The number of amides is 2. The predicted octanol–water partition coefficient (Wildman–Crippen LogP) is 2.80. The van der Waals surface area contributed by atoms with Gasteiger partial charge in [-0.25, -0.2) is 4.79 Å². The van der Waals surface area contributed by atoms with Gasteiger partial charge in [0, 0.05) is 36.9 Å². The minimum absolute atomic E-state index is 0.0294. The molecule has 8 heteroatoms. The molecule has 1 fully saturated rings. The van der Waals surface area contributed by atoms with Crippen molar-refractivity contribution in [2.45, 2.75) is 6.18 Å². The second kappa shape index (κ2) is 5.78. The molecule has 1 heterocycles. The number of anilines is 1. The van der Waals surface area contributed by atoms with Crippen molar-refractivity contribution in [1.29, 1.82) is 0 Å². The fraction of sp³-hybridized carbons (Fsp3) is 0.417. The predicted molar refractivity (Wildman–Crippen MR) is 69.9 cm³/mol. The number of benzene rings is 1. The highest BCUT2D eigenvalue weighted by Gasteiger charge is 2.33. The van der Waals surface area contributed by atoms with Crippen molar-refractivity contribution in [2.24, 2.45) is 0 Å². The molecule has 1 aromatic carbocycles. The summed E-state index contributed by atoms with van der Waals surface area (Å²) in [7, 11) is 0. The van der Waals surface area contributed by atoms with E-state index >= 15 is 0 Å². The summed E-state index contributed by atoms with van der Waals surface area (Å²) in [5, 5.41) is 5.35. The fourth-order valence-corrected chi connectivity index (χ4v) is 2.13. The molecular weight excluding hydrogens is 295 g/mol. The minimum Gasteiger partial charge on any atom is -0.383 e. The molecule has 2 N–H and O–H groups in total. The largest absolute Gasteiger partial charge is 0.418 e. The first-order chi connectivity index (χ1) is 9.38. The highest BCUT2D eigenvalue weighted by atomic mass is 35.5. The van der Waals surface area contributed by atoms with Gasteiger partial charge in [-0.3, -0.25) is 0 Å². The third-order valence-corrected chi connectivity index (χ3v) is 3.16. The Bertz CT molecular complexity index is 507. The monoisotopic (exact) mass is 307 g/mol. The number of urea groups is 1. The first-order valence-corrected chi connectivity index (χ1v) is 6.39. The molecule has 4 nitrogen and oxygen atoms in total. The number of hydrogen-bond donors (Lipinski definition) is 2. The third-order valence-electron chi connectivity index (χ3n) is 2.93. The van der Waals surface area contributed by atoms with E-state index in [1.807, 2.05) is 0 Å². The van der Waals surface area contributed by atoms with Crippen LogP contribution in [0, 0.1) is 0 Å². The topological polar surface area (TPSA) is 44.4 Å². The molecule has 0 bridgehead atoms. The summed E-state index contributed by atoms with van der Waals surface area (Å²) in [5.41, 5.74) is -0.850. The lowest BCUT2D eigenvalue weighted by atomic mass is 10.1. The molecule has 1 saturated heterocycles. The van der Waals surface area contributed by atoms with E-state index < -0.39 is 11.7 Å². The number of carbonyl (C=O) groups is 1. The van der Waals surface area contributed by atoms with E-state index in [4.69, 9.17) is 11.6 Å². The van der Waals surface area contributed by atoms with Crippen molar-refractivity contribution in [2.75, 3.05) is 31.5 Å². The van der Waals surface area contributed by atoms with Gasteiger partial charge in [-0.1, -0.05) is 11.6 Å². The third kappa shape index (κ3) is 3.47. The minimum atomic E-state index is -4.47. The number of alkyl halides is 3. The number of rotatable bonds is 4. The lowest BCUT2D eigenvalue weighted by Gasteiger charge is -2.18. The van der Waals surface area contributed by atoms with Gasteiger partial charge in [0.2, 0.25) is 0 Å². The summed E-state index contributed by atoms with van der Waals surface area (Å²) in [4.78, 5) is 12.8. The number of nitrogens with one attached hydrogen (secondary N) is 2. The molecule has 0 unspecified atom stereocenters. The molecule has 1 aliphatic heterocycles. The van der Waals surface area contributed by atoms with Crippen LogP contribution in [0.1, 0.15) is 5.56 Å². The van der Waals surface area contributed by atoms with Crippen LogP contribution in [0.2, 0.25) is 5.02 Å². The van der Waals surface area contributed by atoms with Gasteiger partial charge in [-0.15, -0.1) is 0 Å². The molecule has 2 rings (SSSR count). The summed E-state index contributed by atoms with van der Waals surface area (Å²) < 4.78 is 38.5. The van der Waals surface area contributed by atoms with Crippen LogP contribution in [-0.4, -0.2) is 37.1 Å². The van der Waals surface area contributed by atoms with E-state index in [0.29, 0.717) is 19.6 Å². The molecule has 1 aromatic rings. The van der Waals surface area contributed by atoms with Gasteiger partial charge in [-0.05, 0) is 18.2 Å². The van der Waals surface area contributed by atoms with E-state index in [2.05, 4.69) is 10.6 Å². The van der Waals surface area contributed by atoms with Crippen molar-refractivity contribution in [1.82, 2.24) is 10.2 Å². The first-order valence-electron chi connectivity index (χ1n) is 6.01. The van der Waals surface area contributed by atoms with E-state index in [0.717, 1.165) is 6.07 Å². The summed E-state index contributed by atoms with van der Waals surface area (Å²) in [6.07, 6.45) is -4.47. The van der Waals surface area contributed by atoms with Gasteiger partial charge in [0.05, 0.1) is 5.56 Å². The number of carbonyl (C=O) groups excluding carboxylic acids is 1. The van der Waals surface area contributed by atoms with Crippen LogP contribution in [0.5, 0.6) is 0 Å². The molecule has 0 saturated carbocycles. The summed E-state index contributed by atoms with van der Waals surface area (Å²) in [6.45, 7) is 1.70. The zero-order valence-corrected chi connectivity index (χ0v) is 11.2. The Morgan fingerprint density at radius 3 is 2.75 bits per heavy atom. The highest BCUT2D eigenvalue weighted by molar-refractivity contribution is 6.30. The molecule has 0 spiro atoms. The average molecular weight is 308 g/mol. The van der Waals surface area contributed by atoms with Gasteiger partial charge >= 0.3 is 12.2 Å². The standard InChI is InChI=1S/C12H13ClF3N3O/c13-8-1-2-10(9(7-8)12(14,15)16)17-3-5-19-6-4-18-11(19)20/h1-2,7,17H,3-6H2,(H,18,20). The van der Waals surface area contributed by atoms with Crippen molar-refractivity contribution < 1.29 is 18.0 Å². The highest BCUT2D eigenvalue weighted by Crippen LogP contribution is 2.36. The molecule has 0 aliphatic carbocycles. The maximum absolute atomic E-state index is 12.8. The van der Waals surface area contributed by atoms with E-state index in [-0.39, 0.29) is 23.3 Å². The van der Waals surface area contributed by atoms with Crippen LogP contribution in [0.4, 0.5) is 23.7 Å². The quantitative estimate of drug-likeness (QED) is 0.898. The van der Waals surface area contributed by atoms with Crippen LogP contribution < -0.4 is 10.6 Å². The van der Waals surface area contributed by atoms with Crippen LogP contribution in [0.15, 0.2) is 18.2 Å². The Balaban J connectivity index is 2.00. The Morgan fingerprint density at radius 2 is 2.15 bits per heavy atom. The maximum atomic E-state index is 12.8. The average Bonchev–Trinajstić information content (AvgIpc) is 2.76.